The maximum atomic E-state index is 11.0. The third-order valence-corrected chi connectivity index (χ3v) is 3.97. The lowest BCUT2D eigenvalue weighted by atomic mass is 10.1. The number of aromatic carboxylic acids is 1. The topological polar surface area (TPSA) is 69.8 Å². The number of carbonyl (C=O) groups is 1. The van der Waals surface area contributed by atoms with Gasteiger partial charge in [0.05, 0.1) is 5.56 Å². The summed E-state index contributed by atoms with van der Waals surface area (Å²) < 4.78 is 0. The van der Waals surface area contributed by atoms with Crippen molar-refractivity contribution in [1.82, 2.24) is 4.90 Å². The Morgan fingerprint density at radius 2 is 2.20 bits per heavy atom. The molecule has 1 aliphatic heterocycles. The minimum Gasteiger partial charge on any atom is -0.478 e. The molecule has 0 aromatic heterocycles. The van der Waals surface area contributed by atoms with Gasteiger partial charge in [0.2, 0.25) is 0 Å². The molecule has 0 bridgehead atoms. The first-order valence-electron chi connectivity index (χ1n) is 7.11. The molecule has 1 unspecified atom stereocenters. The molecule has 20 heavy (non-hydrogen) atoms. The van der Waals surface area contributed by atoms with E-state index in [2.05, 4.69) is 23.8 Å². The first kappa shape index (κ1) is 14.7. The molecule has 0 aliphatic carbocycles. The van der Waals surface area contributed by atoms with E-state index in [-0.39, 0.29) is 5.56 Å². The number of benzene rings is 1. The van der Waals surface area contributed by atoms with Crippen LogP contribution in [0.2, 0.25) is 0 Å². The lowest BCUT2D eigenvalue weighted by Crippen LogP contribution is -2.39. The molecular formula is C15H23N3O2. The summed E-state index contributed by atoms with van der Waals surface area (Å²) in [6.45, 7) is 5.29. The Balaban J connectivity index is 2.28. The standard InChI is InChI=1S/C15H23N3O2/c1-3-11-10-17(2)7-4-8-18(11)12-5-6-13(15(19)20)14(16)9-12/h5-6,9,11H,3-4,7-8,10,16H2,1-2H3,(H,19,20). The van der Waals surface area contributed by atoms with Crippen molar-refractivity contribution in [1.29, 1.82) is 0 Å². The molecule has 1 saturated heterocycles. The largest absolute Gasteiger partial charge is 0.478 e. The molecule has 1 aromatic rings. The SMILES string of the molecule is CCC1CN(C)CCCN1c1ccc(C(=O)O)c(N)c1. The molecule has 5 heteroatoms. The Bertz CT molecular complexity index is 490. The van der Waals surface area contributed by atoms with E-state index in [1.165, 1.54) is 0 Å². The highest BCUT2D eigenvalue weighted by atomic mass is 16.4. The van der Waals surface area contributed by atoms with Gasteiger partial charge in [0.15, 0.2) is 0 Å². The van der Waals surface area contributed by atoms with Gasteiger partial charge in [0.25, 0.3) is 0 Å². The van der Waals surface area contributed by atoms with Gasteiger partial charge in [-0.2, -0.15) is 0 Å². The van der Waals surface area contributed by atoms with Gasteiger partial charge in [-0.15, -0.1) is 0 Å². The highest BCUT2D eigenvalue weighted by Gasteiger charge is 2.23. The Morgan fingerprint density at radius 1 is 1.45 bits per heavy atom. The van der Waals surface area contributed by atoms with Crippen LogP contribution in [0, 0.1) is 0 Å². The van der Waals surface area contributed by atoms with Crippen LogP contribution in [0.3, 0.4) is 0 Å². The fraction of sp³-hybridized carbons (Fsp3) is 0.533. The molecule has 0 spiro atoms. The zero-order chi connectivity index (χ0) is 14.7. The van der Waals surface area contributed by atoms with E-state index in [9.17, 15) is 4.79 Å². The smallest absolute Gasteiger partial charge is 0.337 e. The van der Waals surface area contributed by atoms with Crippen LogP contribution >= 0.6 is 0 Å². The summed E-state index contributed by atoms with van der Waals surface area (Å²) in [5.74, 6) is -0.975. The molecule has 0 saturated carbocycles. The van der Waals surface area contributed by atoms with Crippen molar-refractivity contribution in [2.24, 2.45) is 0 Å². The van der Waals surface area contributed by atoms with Crippen molar-refractivity contribution in [2.45, 2.75) is 25.8 Å². The molecule has 3 N–H and O–H groups in total. The maximum absolute atomic E-state index is 11.0. The predicted molar refractivity (Wildman–Crippen MR) is 81.4 cm³/mol. The molecule has 1 atom stereocenters. The Kier molecular flexibility index (Phi) is 4.49. The van der Waals surface area contributed by atoms with Crippen LogP contribution in [0.1, 0.15) is 30.1 Å². The quantitative estimate of drug-likeness (QED) is 0.826. The number of hydrogen-bond acceptors (Lipinski definition) is 4. The maximum Gasteiger partial charge on any atom is 0.337 e. The molecule has 1 fully saturated rings. The average Bonchev–Trinajstić information content (AvgIpc) is 2.59. The number of carboxylic acid groups (broad SMARTS) is 1. The van der Waals surface area contributed by atoms with E-state index in [1.54, 1.807) is 12.1 Å². The van der Waals surface area contributed by atoms with Crippen LogP contribution in [-0.4, -0.2) is 48.7 Å². The van der Waals surface area contributed by atoms with Gasteiger partial charge in [0, 0.05) is 30.5 Å². The molecular weight excluding hydrogens is 254 g/mol. The number of hydrogen-bond donors (Lipinski definition) is 2. The highest BCUT2D eigenvalue weighted by Crippen LogP contribution is 2.26. The summed E-state index contributed by atoms with van der Waals surface area (Å²) in [5, 5.41) is 9.04. The third kappa shape index (κ3) is 3.04. The van der Waals surface area contributed by atoms with Gasteiger partial charge in [0.1, 0.15) is 0 Å². The van der Waals surface area contributed by atoms with Gasteiger partial charge in [-0.3, -0.25) is 0 Å². The second-order valence-electron chi connectivity index (χ2n) is 5.45. The third-order valence-electron chi connectivity index (χ3n) is 3.97. The molecule has 5 nitrogen and oxygen atoms in total. The van der Waals surface area contributed by atoms with E-state index < -0.39 is 5.97 Å². The summed E-state index contributed by atoms with van der Waals surface area (Å²) in [5.41, 5.74) is 7.40. The average molecular weight is 277 g/mol. The number of rotatable bonds is 3. The van der Waals surface area contributed by atoms with Crippen molar-refractivity contribution in [2.75, 3.05) is 37.3 Å². The summed E-state index contributed by atoms with van der Waals surface area (Å²) >= 11 is 0. The molecule has 2 rings (SSSR count). The van der Waals surface area contributed by atoms with Crippen LogP contribution in [0.4, 0.5) is 11.4 Å². The monoisotopic (exact) mass is 277 g/mol. The van der Waals surface area contributed by atoms with E-state index in [1.807, 2.05) is 6.07 Å². The molecule has 1 aliphatic rings. The summed E-state index contributed by atoms with van der Waals surface area (Å²) in [6.07, 6.45) is 2.17. The zero-order valence-electron chi connectivity index (χ0n) is 12.2. The number of nitrogens with two attached hydrogens (primary N) is 1. The van der Waals surface area contributed by atoms with Crippen molar-refractivity contribution in [3.8, 4) is 0 Å². The Labute approximate surface area is 120 Å². The number of nitrogens with zero attached hydrogens (tertiary/aromatic N) is 2. The van der Waals surface area contributed by atoms with Gasteiger partial charge in [-0.1, -0.05) is 6.92 Å². The fourth-order valence-electron chi connectivity index (χ4n) is 2.86. The Morgan fingerprint density at radius 3 is 2.80 bits per heavy atom. The number of anilines is 2. The minimum atomic E-state index is -0.975. The first-order chi connectivity index (χ1) is 9.52. The van der Waals surface area contributed by atoms with Crippen molar-refractivity contribution >= 4 is 17.3 Å². The molecule has 110 valence electrons. The van der Waals surface area contributed by atoms with E-state index in [0.717, 1.165) is 38.2 Å². The first-order valence-corrected chi connectivity index (χ1v) is 7.11. The van der Waals surface area contributed by atoms with Crippen molar-refractivity contribution < 1.29 is 9.90 Å². The Hall–Kier alpha value is -1.75. The normalized spacial score (nSPS) is 20.7. The van der Waals surface area contributed by atoms with E-state index in [0.29, 0.717) is 11.7 Å². The summed E-state index contributed by atoms with van der Waals surface area (Å²) in [4.78, 5) is 15.7. The minimum absolute atomic E-state index is 0.175. The number of likely N-dealkylation sites (N-methyl/N-ethyl adjacent to an activating group) is 1. The molecule has 1 aromatic carbocycles. The summed E-state index contributed by atoms with van der Waals surface area (Å²) in [7, 11) is 2.15. The van der Waals surface area contributed by atoms with Crippen molar-refractivity contribution in [3.05, 3.63) is 23.8 Å². The number of carboxylic acids is 1. The number of nitrogen functional groups attached to an aromatic ring is 1. The molecule has 0 amide bonds. The van der Waals surface area contributed by atoms with Crippen LogP contribution in [0.25, 0.3) is 0 Å². The van der Waals surface area contributed by atoms with Gasteiger partial charge in [-0.25, -0.2) is 4.79 Å². The molecule has 1 heterocycles. The zero-order valence-corrected chi connectivity index (χ0v) is 12.2. The van der Waals surface area contributed by atoms with Crippen LogP contribution in [-0.2, 0) is 0 Å². The summed E-state index contributed by atoms with van der Waals surface area (Å²) in [6, 6.07) is 5.71. The molecule has 0 radical (unpaired) electrons. The fourth-order valence-corrected chi connectivity index (χ4v) is 2.86. The van der Waals surface area contributed by atoms with Gasteiger partial charge in [-0.05, 0) is 44.6 Å². The second kappa shape index (κ2) is 6.13. The van der Waals surface area contributed by atoms with E-state index in [4.69, 9.17) is 10.8 Å². The lowest BCUT2D eigenvalue weighted by molar-refractivity contribution is 0.0698. The second-order valence-corrected chi connectivity index (χ2v) is 5.45. The van der Waals surface area contributed by atoms with Crippen molar-refractivity contribution in [3.63, 3.8) is 0 Å². The van der Waals surface area contributed by atoms with Crippen LogP contribution in [0.15, 0.2) is 18.2 Å². The van der Waals surface area contributed by atoms with Crippen LogP contribution in [0.5, 0.6) is 0 Å². The highest BCUT2D eigenvalue weighted by molar-refractivity contribution is 5.94. The predicted octanol–water partition coefficient (Wildman–Crippen LogP) is 1.89. The van der Waals surface area contributed by atoms with Crippen LogP contribution < -0.4 is 10.6 Å². The van der Waals surface area contributed by atoms with E-state index >= 15 is 0 Å². The van der Waals surface area contributed by atoms with Gasteiger partial charge >= 0.3 is 5.97 Å². The lowest BCUT2D eigenvalue weighted by Gasteiger charge is -2.32. The van der Waals surface area contributed by atoms with Gasteiger partial charge < -0.3 is 20.6 Å².